The Morgan fingerprint density at radius 2 is 2.33 bits per heavy atom. The van der Waals surface area contributed by atoms with E-state index in [9.17, 15) is 0 Å². The summed E-state index contributed by atoms with van der Waals surface area (Å²) < 4.78 is 5.15. The number of nitrogens with one attached hydrogen (secondary N) is 1. The number of rotatable bonds is 6. The summed E-state index contributed by atoms with van der Waals surface area (Å²) in [5, 5.41) is 7.49. The maximum atomic E-state index is 5.15. The lowest BCUT2D eigenvalue weighted by Gasteiger charge is -2.28. The van der Waals surface area contributed by atoms with Crippen LogP contribution in [0.25, 0.3) is 0 Å². The third-order valence-electron chi connectivity index (χ3n) is 3.54. The predicted octanol–water partition coefficient (Wildman–Crippen LogP) is 1.45. The van der Waals surface area contributed by atoms with Crippen LogP contribution in [-0.2, 0) is 13.0 Å². The summed E-state index contributed by atoms with van der Waals surface area (Å²) in [7, 11) is 0. The van der Waals surface area contributed by atoms with Crippen molar-refractivity contribution in [3.05, 3.63) is 11.7 Å². The number of aromatic nitrogens is 2. The van der Waals surface area contributed by atoms with Gasteiger partial charge in [0.2, 0.25) is 5.89 Å². The van der Waals surface area contributed by atoms with Crippen LogP contribution in [0.1, 0.15) is 38.4 Å². The summed E-state index contributed by atoms with van der Waals surface area (Å²) in [5.41, 5.74) is 0. The molecule has 0 radical (unpaired) electrons. The number of aryl methyl sites for hydroxylation is 1. The minimum absolute atomic E-state index is 0.736. The van der Waals surface area contributed by atoms with Crippen LogP contribution in [0.15, 0.2) is 4.52 Å². The standard InChI is InChI=1S/C13H24N4O/c1-3-13-15-12(16-18-13)10-17(4-2)9-11-6-5-7-14-8-11/h11,14H,3-10H2,1-2H3. The summed E-state index contributed by atoms with van der Waals surface area (Å²) in [4.78, 5) is 6.78. The van der Waals surface area contributed by atoms with E-state index in [4.69, 9.17) is 4.52 Å². The molecule has 1 atom stereocenters. The van der Waals surface area contributed by atoms with Crippen molar-refractivity contribution in [1.29, 1.82) is 0 Å². The third kappa shape index (κ3) is 3.78. The lowest BCUT2D eigenvalue weighted by atomic mass is 9.99. The van der Waals surface area contributed by atoms with Gasteiger partial charge in [-0.1, -0.05) is 19.0 Å². The summed E-state index contributed by atoms with van der Waals surface area (Å²) in [6.45, 7) is 9.50. The van der Waals surface area contributed by atoms with E-state index in [1.807, 2.05) is 6.92 Å². The smallest absolute Gasteiger partial charge is 0.226 e. The van der Waals surface area contributed by atoms with Gasteiger partial charge in [-0.3, -0.25) is 4.90 Å². The Balaban J connectivity index is 1.84. The van der Waals surface area contributed by atoms with Gasteiger partial charge in [0.05, 0.1) is 6.54 Å². The highest BCUT2D eigenvalue weighted by Gasteiger charge is 2.17. The molecule has 1 aromatic heterocycles. The number of piperidine rings is 1. The second kappa shape index (κ2) is 6.85. The Hall–Kier alpha value is -0.940. The van der Waals surface area contributed by atoms with E-state index < -0.39 is 0 Å². The second-order valence-electron chi connectivity index (χ2n) is 5.00. The van der Waals surface area contributed by atoms with Gasteiger partial charge in [0, 0.05) is 13.0 Å². The number of nitrogens with zero attached hydrogens (tertiary/aromatic N) is 3. The zero-order valence-corrected chi connectivity index (χ0v) is 11.5. The van der Waals surface area contributed by atoms with Gasteiger partial charge in [-0.2, -0.15) is 4.98 Å². The summed E-state index contributed by atoms with van der Waals surface area (Å²) in [5.74, 6) is 2.31. The van der Waals surface area contributed by atoms with Crippen LogP contribution in [0.4, 0.5) is 0 Å². The fourth-order valence-electron chi connectivity index (χ4n) is 2.45. The zero-order valence-electron chi connectivity index (χ0n) is 11.5. The fraction of sp³-hybridized carbons (Fsp3) is 0.846. The molecular weight excluding hydrogens is 228 g/mol. The minimum atomic E-state index is 0.736. The highest BCUT2D eigenvalue weighted by atomic mass is 16.5. The molecule has 102 valence electrons. The molecule has 1 N–H and O–H groups in total. The molecule has 0 aliphatic carbocycles. The van der Waals surface area contributed by atoms with Gasteiger partial charge in [-0.05, 0) is 38.4 Å². The van der Waals surface area contributed by atoms with Crippen molar-refractivity contribution >= 4 is 0 Å². The van der Waals surface area contributed by atoms with Gasteiger partial charge in [-0.15, -0.1) is 0 Å². The maximum Gasteiger partial charge on any atom is 0.226 e. The molecule has 0 bridgehead atoms. The Morgan fingerprint density at radius 1 is 1.44 bits per heavy atom. The highest BCUT2D eigenvalue weighted by Crippen LogP contribution is 2.13. The summed E-state index contributed by atoms with van der Waals surface area (Å²) in [6, 6.07) is 0. The van der Waals surface area contributed by atoms with E-state index in [-0.39, 0.29) is 0 Å². The molecule has 1 fully saturated rings. The molecule has 0 saturated carbocycles. The maximum absolute atomic E-state index is 5.15. The Labute approximate surface area is 109 Å². The first-order chi connectivity index (χ1) is 8.81. The van der Waals surface area contributed by atoms with Crippen LogP contribution in [0.3, 0.4) is 0 Å². The summed E-state index contributed by atoms with van der Waals surface area (Å²) in [6.07, 6.45) is 3.44. The molecule has 1 aliphatic rings. The predicted molar refractivity (Wildman–Crippen MR) is 70.2 cm³/mol. The van der Waals surface area contributed by atoms with Gasteiger partial charge in [0.1, 0.15) is 0 Å². The van der Waals surface area contributed by atoms with E-state index >= 15 is 0 Å². The Morgan fingerprint density at radius 3 is 2.94 bits per heavy atom. The lowest BCUT2D eigenvalue weighted by Crippen LogP contribution is -2.38. The first-order valence-electron chi connectivity index (χ1n) is 7.06. The molecule has 2 rings (SSSR count). The van der Waals surface area contributed by atoms with E-state index in [0.717, 1.165) is 50.2 Å². The van der Waals surface area contributed by atoms with Gasteiger partial charge >= 0.3 is 0 Å². The molecule has 1 aliphatic heterocycles. The van der Waals surface area contributed by atoms with E-state index in [1.165, 1.54) is 19.4 Å². The van der Waals surface area contributed by atoms with Gasteiger partial charge in [0.25, 0.3) is 0 Å². The van der Waals surface area contributed by atoms with Crippen LogP contribution in [0.2, 0.25) is 0 Å². The lowest BCUT2D eigenvalue weighted by molar-refractivity contribution is 0.203. The van der Waals surface area contributed by atoms with Crippen LogP contribution in [-0.4, -0.2) is 41.2 Å². The Bertz CT molecular complexity index is 347. The van der Waals surface area contributed by atoms with Gasteiger partial charge < -0.3 is 9.84 Å². The van der Waals surface area contributed by atoms with Crippen molar-refractivity contribution < 1.29 is 4.52 Å². The quantitative estimate of drug-likeness (QED) is 0.830. The molecule has 2 heterocycles. The van der Waals surface area contributed by atoms with E-state index in [0.29, 0.717) is 0 Å². The highest BCUT2D eigenvalue weighted by molar-refractivity contribution is 4.86. The second-order valence-corrected chi connectivity index (χ2v) is 5.00. The van der Waals surface area contributed by atoms with Gasteiger partial charge in [0.15, 0.2) is 5.82 Å². The van der Waals surface area contributed by atoms with Crippen LogP contribution < -0.4 is 5.32 Å². The third-order valence-corrected chi connectivity index (χ3v) is 3.54. The first kappa shape index (κ1) is 13.5. The van der Waals surface area contributed by atoms with Crippen molar-refractivity contribution in [3.63, 3.8) is 0 Å². The topological polar surface area (TPSA) is 54.2 Å². The molecule has 5 nitrogen and oxygen atoms in total. The molecule has 1 unspecified atom stereocenters. The van der Waals surface area contributed by atoms with Gasteiger partial charge in [-0.25, -0.2) is 0 Å². The molecule has 0 aromatic carbocycles. The molecule has 5 heteroatoms. The average Bonchev–Trinajstić information content (AvgIpc) is 2.87. The largest absolute Gasteiger partial charge is 0.339 e. The van der Waals surface area contributed by atoms with Crippen LogP contribution in [0.5, 0.6) is 0 Å². The van der Waals surface area contributed by atoms with E-state index in [2.05, 4.69) is 27.3 Å². The first-order valence-corrected chi connectivity index (χ1v) is 7.06. The summed E-state index contributed by atoms with van der Waals surface area (Å²) >= 11 is 0. The van der Waals surface area contributed by atoms with Crippen LogP contribution in [0, 0.1) is 5.92 Å². The minimum Gasteiger partial charge on any atom is -0.339 e. The normalized spacial score (nSPS) is 20.5. The van der Waals surface area contributed by atoms with Crippen molar-refractivity contribution in [2.75, 3.05) is 26.2 Å². The SMILES string of the molecule is CCc1nc(CN(CC)CC2CCCNC2)no1. The molecular formula is C13H24N4O. The number of hydrogen-bond acceptors (Lipinski definition) is 5. The van der Waals surface area contributed by atoms with E-state index in [1.54, 1.807) is 0 Å². The monoisotopic (exact) mass is 252 g/mol. The van der Waals surface area contributed by atoms with Crippen molar-refractivity contribution in [3.8, 4) is 0 Å². The fourth-order valence-corrected chi connectivity index (χ4v) is 2.45. The molecule has 1 saturated heterocycles. The zero-order chi connectivity index (χ0) is 12.8. The van der Waals surface area contributed by atoms with Crippen molar-refractivity contribution in [2.24, 2.45) is 5.92 Å². The molecule has 0 spiro atoms. The van der Waals surface area contributed by atoms with Crippen LogP contribution >= 0.6 is 0 Å². The van der Waals surface area contributed by atoms with Crippen molar-refractivity contribution in [1.82, 2.24) is 20.4 Å². The average molecular weight is 252 g/mol. The molecule has 0 amide bonds. The Kier molecular flexibility index (Phi) is 5.13. The molecule has 18 heavy (non-hydrogen) atoms. The molecule has 1 aromatic rings. The van der Waals surface area contributed by atoms with Crippen molar-refractivity contribution in [2.45, 2.75) is 39.7 Å². The number of hydrogen-bond donors (Lipinski definition) is 1.